The Morgan fingerprint density at radius 2 is 2.03 bits per heavy atom. The lowest BCUT2D eigenvalue weighted by Crippen LogP contribution is -2.38. The molecule has 11 heteroatoms. The van der Waals surface area contributed by atoms with Crippen molar-refractivity contribution in [2.75, 3.05) is 5.32 Å². The van der Waals surface area contributed by atoms with Gasteiger partial charge in [-0.15, -0.1) is 0 Å². The molecule has 0 fully saturated rings. The average Bonchev–Trinajstić information content (AvgIpc) is 3.32. The number of hydrogen-bond acceptors (Lipinski definition) is 5. The molecule has 4 rings (SSSR count). The molecule has 0 saturated heterocycles. The highest BCUT2D eigenvalue weighted by atomic mass is 19.4. The van der Waals surface area contributed by atoms with E-state index in [-0.39, 0.29) is 24.8 Å². The van der Waals surface area contributed by atoms with Crippen molar-refractivity contribution >= 4 is 11.7 Å². The van der Waals surface area contributed by atoms with Crippen LogP contribution in [0.25, 0.3) is 5.82 Å². The van der Waals surface area contributed by atoms with E-state index < -0.39 is 22.4 Å². The summed E-state index contributed by atoms with van der Waals surface area (Å²) in [6, 6.07) is 3.01. The van der Waals surface area contributed by atoms with Crippen molar-refractivity contribution < 1.29 is 22.6 Å². The van der Waals surface area contributed by atoms with Crippen LogP contribution in [0.3, 0.4) is 0 Å². The normalized spacial score (nSPS) is 19.0. The minimum Gasteiger partial charge on any atom is -0.632 e. The third-order valence-electron chi connectivity index (χ3n) is 5.70. The van der Waals surface area contributed by atoms with Gasteiger partial charge in [-0.1, -0.05) is 0 Å². The van der Waals surface area contributed by atoms with Crippen LogP contribution in [-0.2, 0) is 24.1 Å². The van der Waals surface area contributed by atoms with Gasteiger partial charge >= 0.3 is 6.18 Å². The van der Waals surface area contributed by atoms with Gasteiger partial charge in [0.15, 0.2) is 5.82 Å². The van der Waals surface area contributed by atoms with E-state index in [2.05, 4.69) is 20.4 Å². The predicted molar refractivity (Wildman–Crippen MR) is 109 cm³/mol. The van der Waals surface area contributed by atoms with Crippen LogP contribution in [0, 0.1) is 12.1 Å². The number of rotatable bonds is 4. The number of carbonyl (C=O) groups is 1. The van der Waals surface area contributed by atoms with Gasteiger partial charge in [-0.05, 0) is 31.5 Å². The Hall–Kier alpha value is -3.31. The first kappa shape index (κ1) is 21.9. The van der Waals surface area contributed by atoms with Crippen LogP contribution >= 0.6 is 0 Å². The van der Waals surface area contributed by atoms with Gasteiger partial charge in [0.2, 0.25) is 5.91 Å². The summed E-state index contributed by atoms with van der Waals surface area (Å²) in [6.07, 6.45) is 0.195. The molecular weight excluding hydrogens is 425 g/mol. The predicted octanol–water partition coefficient (Wildman–Crippen LogP) is 4.04. The molecule has 0 radical (unpaired) electrons. The molecule has 1 aliphatic rings. The summed E-state index contributed by atoms with van der Waals surface area (Å²) in [6.45, 7) is 5.22. The van der Waals surface area contributed by atoms with Gasteiger partial charge in [0.05, 0.1) is 17.3 Å². The van der Waals surface area contributed by atoms with E-state index in [0.717, 1.165) is 22.6 Å². The lowest BCUT2D eigenvalue weighted by Gasteiger charge is -2.44. The Kier molecular flexibility index (Phi) is 5.25. The van der Waals surface area contributed by atoms with E-state index >= 15 is 0 Å². The number of halogens is 3. The van der Waals surface area contributed by atoms with E-state index in [4.69, 9.17) is 0 Å². The second-order valence-electron chi connectivity index (χ2n) is 8.00. The van der Waals surface area contributed by atoms with E-state index in [0.29, 0.717) is 22.5 Å². The maximum atomic E-state index is 13.7. The Bertz CT molecular complexity index is 1190. The summed E-state index contributed by atoms with van der Waals surface area (Å²) in [5, 5.41) is 20.1. The zero-order valence-electron chi connectivity index (χ0n) is 17.6. The van der Waals surface area contributed by atoms with Crippen molar-refractivity contribution in [3.8, 4) is 5.82 Å². The molecule has 168 valence electrons. The standard InChI is InChI=1S/C21H21F3N6O2/c1-12-6-16(7-26-20(12)29-9-17(8-27-29)21(22,23)24)13(2)30(32)10-15-4-5-25-19(18(15)11-30)28-14(3)31/h4-9,13H,10-11H2,1-3H3,(H,25,28,31). The van der Waals surface area contributed by atoms with Gasteiger partial charge in [0, 0.05) is 36.6 Å². The molecule has 3 aromatic rings. The average molecular weight is 446 g/mol. The van der Waals surface area contributed by atoms with E-state index in [9.17, 15) is 23.2 Å². The summed E-state index contributed by atoms with van der Waals surface area (Å²) in [4.78, 5) is 19.9. The third-order valence-corrected chi connectivity index (χ3v) is 5.70. The molecule has 0 bridgehead atoms. The zero-order chi connectivity index (χ0) is 23.3. The highest BCUT2D eigenvalue weighted by Crippen LogP contribution is 2.40. The monoisotopic (exact) mass is 446 g/mol. The van der Waals surface area contributed by atoms with Crippen molar-refractivity contribution in [3.05, 3.63) is 69.9 Å². The number of carbonyl (C=O) groups excluding carboxylic acids is 1. The molecule has 32 heavy (non-hydrogen) atoms. The number of hydroxylamine groups is 3. The number of aryl methyl sites for hydroxylation is 1. The molecule has 3 aromatic heterocycles. The fourth-order valence-corrected chi connectivity index (χ4v) is 3.93. The van der Waals surface area contributed by atoms with E-state index in [1.165, 1.54) is 13.1 Å². The number of amides is 1. The molecule has 0 saturated carbocycles. The number of pyridine rings is 2. The Morgan fingerprint density at radius 1 is 1.28 bits per heavy atom. The molecule has 1 aliphatic heterocycles. The van der Waals surface area contributed by atoms with Crippen LogP contribution < -0.4 is 5.32 Å². The third kappa shape index (κ3) is 3.96. The van der Waals surface area contributed by atoms with Gasteiger partial charge in [-0.2, -0.15) is 18.3 Å². The summed E-state index contributed by atoms with van der Waals surface area (Å²) >= 11 is 0. The lowest BCUT2D eigenvalue weighted by molar-refractivity contribution is -0.928. The summed E-state index contributed by atoms with van der Waals surface area (Å²) < 4.78 is 39.1. The Morgan fingerprint density at radius 3 is 2.66 bits per heavy atom. The molecule has 1 N–H and O–H groups in total. The first-order valence-electron chi connectivity index (χ1n) is 9.89. The number of nitrogens with zero attached hydrogens (tertiary/aromatic N) is 5. The number of anilines is 1. The molecular formula is C21H21F3N6O2. The maximum Gasteiger partial charge on any atom is 0.419 e. The number of aromatic nitrogens is 4. The number of quaternary nitrogens is 1. The molecule has 0 aliphatic carbocycles. The highest BCUT2D eigenvalue weighted by Gasteiger charge is 2.37. The first-order chi connectivity index (χ1) is 15.0. The van der Waals surface area contributed by atoms with Crippen molar-refractivity contribution in [2.24, 2.45) is 0 Å². The van der Waals surface area contributed by atoms with Crippen molar-refractivity contribution in [3.63, 3.8) is 0 Å². The smallest absolute Gasteiger partial charge is 0.419 e. The zero-order valence-corrected chi connectivity index (χ0v) is 17.6. The van der Waals surface area contributed by atoms with Gasteiger partial charge in [-0.25, -0.2) is 14.6 Å². The molecule has 4 heterocycles. The molecule has 0 aromatic carbocycles. The molecule has 1 amide bonds. The largest absolute Gasteiger partial charge is 0.632 e. The molecule has 8 nitrogen and oxygen atoms in total. The Balaban J connectivity index is 1.60. The van der Waals surface area contributed by atoms with Crippen molar-refractivity contribution in [2.45, 2.75) is 46.1 Å². The summed E-state index contributed by atoms with van der Waals surface area (Å²) in [7, 11) is 0. The molecule has 0 spiro atoms. The Labute approximate surface area is 181 Å². The second kappa shape index (κ2) is 7.68. The fourth-order valence-electron chi connectivity index (χ4n) is 3.93. The minimum absolute atomic E-state index is 0.134. The van der Waals surface area contributed by atoms with E-state index in [1.807, 2.05) is 0 Å². The maximum absolute atomic E-state index is 13.7. The van der Waals surface area contributed by atoms with Crippen LogP contribution in [-0.4, -0.2) is 30.3 Å². The first-order valence-corrected chi connectivity index (χ1v) is 9.89. The van der Waals surface area contributed by atoms with Gasteiger partial charge in [0.25, 0.3) is 0 Å². The minimum atomic E-state index is -4.49. The summed E-state index contributed by atoms with van der Waals surface area (Å²) in [5.41, 5.74) is 1.92. The number of fused-ring (bicyclic) bond motifs is 1. The van der Waals surface area contributed by atoms with Crippen molar-refractivity contribution in [1.82, 2.24) is 19.7 Å². The van der Waals surface area contributed by atoms with Crippen LogP contribution in [0.1, 0.15) is 47.7 Å². The number of alkyl halides is 3. The van der Waals surface area contributed by atoms with Crippen LogP contribution in [0.4, 0.5) is 19.0 Å². The van der Waals surface area contributed by atoms with Gasteiger partial charge in [-0.3, -0.25) is 4.79 Å². The lowest BCUT2D eigenvalue weighted by atomic mass is 10.1. The number of nitrogens with one attached hydrogen (secondary N) is 1. The quantitative estimate of drug-likeness (QED) is 0.482. The van der Waals surface area contributed by atoms with Gasteiger partial charge in [0.1, 0.15) is 24.9 Å². The topological polar surface area (TPSA) is 95.8 Å². The SMILES string of the molecule is CC(=O)Nc1nccc2c1C[N+]([O-])(C(C)c1cnc(-n3cc(C(F)(F)F)cn3)c(C)c1)C2. The van der Waals surface area contributed by atoms with Gasteiger partial charge < -0.3 is 15.2 Å². The van der Waals surface area contributed by atoms with Crippen LogP contribution in [0.2, 0.25) is 0 Å². The van der Waals surface area contributed by atoms with Crippen LogP contribution in [0.5, 0.6) is 0 Å². The van der Waals surface area contributed by atoms with Crippen molar-refractivity contribution in [1.29, 1.82) is 0 Å². The van der Waals surface area contributed by atoms with Crippen LogP contribution in [0.15, 0.2) is 36.9 Å². The molecule has 2 unspecified atom stereocenters. The highest BCUT2D eigenvalue weighted by molar-refractivity contribution is 5.88. The fraction of sp³-hybridized carbons (Fsp3) is 0.333. The number of hydrogen-bond donors (Lipinski definition) is 1. The van der Waals surface area contributed by atoms with E-state index in [1.54, 1.807) is 32.2 Å². The second-order valence-corrected chi connectivity index (χ2v) is 8.00. The molecule has 2 atom stereocenters. The summed E-state index contributed by atoms with van der Waals surface area (Å²) in [5.74, 6) is 0.384.